The van der Waals surface area contributed by atoms with Crippen LogP contribution in [0.25, 0.3) is 11.0 Å². The standard InChI is InChI=1S/C19H23N7O3/c1-4-15(27)25-7-5-6-12(8-25)26-10-13(16-17(19(26)28)21-11-20-16)22-14-9-24(2)23-18(14)29-3/h4,9-12,22H,1,5-8H2,2-3H3,(H,20,21). The quantitative estimate of drug-likeness (QED) is 0.632. The molecule has 2 N–H and O–H groups in total. The molecule has 1 amide bonds. The van der Waals surface area contributed by atoms with E-state index in [4.69, 9.17) is 4.74 Å². The van der Waals surface area contributed by atoms with E-state index in [1.165, 1.54) is 12.4 Å². The first-order chi connectivity index (χ1) is 14.0. The maximum Gasteiger partial charge on any atom is 0.276 e. The summed E-state index contributed by atoms with van der Waals surface area (Å²) in [6.07, 6.45) is 7.97. The molecule has 1 unspecified atom stereocenters. The first-order valence-electron chi connectivity index (χ1n) is 9.36. The summed E-state index contributed by atoms with van der Waals surface area (Å²) in [4.78, 5) is 34.1. The molecule has 4 heterocycles. The molecular weight excluding hydrogens is 374 g/mol. The summed E-state index contributed by atoms with van der Waals surface area (Å²) in [5, 5.41) is 7.52. The van der Waals surface area contributed by atoms with Gasteiger partial charge in [0.1, 0.15) is 16.7 Å². The molecule has 152 valence electrons. The molecule has 0 spiro atoms. The van der Waals surface area contributed by atoms with Crippen LogP contribution in [0, 0.1) is 0 Å². The maximum atomic E-state index is 13.1. The fourth-order valence-corrected chi connectivity index (χ4v) is 3.77. The van der Waals surface area contributed by atoms with Gasteiger partial charge in [-0.1, -0.05) is 6.58 Å². The lowest BCUT2D eigenvalue weighted by Crippen LogP contribution is -2.42. The number of hydrogen-bond donors (Lipinski definition) is 2. The molecule has 3 aromatic heterocycles. The Morgan fingerprint density at radius 1 is 1.41 bits per heavy atom. The van der Waals surface area contributed by atoms with Crippen LogP contribution < -0.4 is 15.6 Å². The molecular formula is C19H23N7O3. The Labute approximate surface area is 166 Å². The average molecular weight is 397 g/mol. The van der Waals surface area contributed by atoms with E-state index < -0.39 is 0 Å². The number of amides is 1. The molecule has 1 atom stereocenters. The Balaban J connectivity index is 1.75. The third-order valence-electron chi connectivity index (χ3n) is 5.14. The predicted molar refractivity (Wildman–Crippen MR) is 108 cm³/mol. The van der Waals surface area contributed by atoms with Gasteiger partial charge in [-0.05, 0) is 18.9 Å². The van der Waals surface area contributed by atoms with E-state index in [-0.39, 0.29) is 17.5 Å². The minimum absolute atomic E-state index is 0.121. The molecule has 10 heteroatoms. The minimum atomic E-state index is -0.167. The number of aromatic amines is 1. The minimum Gasteiger partial charge on any atom is -0.478 e. The normalized spacial score (nSPS) is 16.8. The van der Waals surface area contributed by atoms with Gasteiger partial charge >= 0.3 is 0 Å². The lowest BCUT2D eigenvalue weighted by molar-refractivity contribution is -0.127. The first kappa shape index (κ1) is 18.8. The Bertz CT molecular complexity index is 1130. The van der Waals surface area contributed by atoms with Crippen molar-refractivity contribution in [3.8, 4) is 5.88 Å². The topological polar surface area (TPSA) is 110 Å². The number of nitrogens with one attached hydrogen (secondary N) is 2. The lowest BCUT2D eigenvalue weighted by atomic mass is 10.0. The van der Waals surface area contributed by atoms with Gasteiger partial charge in [0.15, 0.2) is 0 Å². The Morgan fingerprint density at radius 3 is 3.00 bits per heavy atom. The molecule has 1 aliphatic rings. The average Bonchev–Trinajstić information content (AvgIpc) is 3.36. The molecule has 0 saturated carbocycles. The van der Waals surface area contributed by atoms with Gasteiger partial charge in [0, 0.05) is 26.3 Å². The van der Waals surface area contributed by atoms with Crippen LogP contribution in [0.3, 0.4) is 0 Å². The van der Waals surface area contributed by atoms with Crippen LogP contribution in [0.4, 0.5) is 11.4 Å². The predicted octanol–water partition coefficient (Wildman–Crippen LogP) is 1.56. The van der Waals surface area contributed by atoms with E-state index in [2.05, 4.69) is 27.0 Å². The van der Waals surface area contributed by atoms with Crippen LogP contribution in [-0.4, -0.2) is 55.3 Å². The molecule has 1 aliphatic heterocycles. The van der Waals surface area contributed by atoms with E-state index in [0.717, 1.165) is 12.8 Å². The number of fused-ring (bicyclic) bond motifs is 1. The van der Waals surface area contributed by atoms with Crippen molar-refractivity contribution >= 4 is 28.3 Å². The SMILES string of the molecule is C=CC(=O)N1CCCC(n2cc(Nc3cn(C)nc3OC)c3nc[nH]c3c2=O)C1. The number of carbonyl (C=O) groups excluding carboxylic acids is 1. The number of hydrogen-bond acceptors (Lipinski definition) is 6. The van der Waals surface area contributed by atoms with Gasteiger partial charge in [-0.25, -0.2) is 4.98 Å². The number of aromatic nitrogens is 5. The molecule has 1 saturated heterocycles. The van der Waals surface area contributed by atoms with Gasteiger partial charge < -0.3 is 24.5 Å². The maximum absolute atomic E-state index is 13.1. The summed E-state index contributed by atoms with van der Waals surface area (Å²) in [6.45, 7) is 4.69. The molecule has 1 fully saturated rings. The van der Waals surface area contributed by atoms with Crippen molar-refractivity contribution in [2.24, 2.45) is 7.05 Å². The van der Waals surface area contributed by atoms with Gasteiger partial charge in [-0.3, -0.25) is 14.3 Å². The van der Waals surface area contributed by atoms with Gasteiger partial charge in [0.05, 0.1) is 31.4 Å². The van der Waals surface area contributed by atoms with E-state index in [1.807, 2.05) is 0 Å². The molecule has 0 aliphatic carbocycles. The number of carbonyl (C=O) groups is 1. The summed E-state index contributed by atoms with van der Waals surface area (Å²) in [5.74, 6) is 0.318. The van der Waals surface area contributed by atoms with Crippen LogP contribution in [-0.2, 0) is 11.8 Å². The summed E-state index contributed by atoms with van der Waals surface area (Å²) in [5.41, 5.74) is 2.09. The second kappa shape index (κ2) is 7.46. The fraction of sp³-hybridized carbons (Fsp3) is 0.368. The van der Waals surface area contributed by atoms with Crippen LogP contribution >= 0.6 is 0 Å². The molecule has 0 radical (unpaired) electrons. The molecule has 10 nitrogen and oxygen atoms in total. The van der Waals surface area contributed by atoms with E-state index in [9.17, 15) is 9.59 Å². The third kappa shape index (κ3) is 3.37. The van der Waals surface area contributed by atoms with Gasteiger partial charge in [-0.15, -0.1) is 5.10 Å². The number of rotatable bonds is 5. The molecule has 29 heavy (non-hydrogen) atoms. The summed E-state index contributed by atoms with van der Waals surface area (Å²) < 4.78 is 8.62. The van der Waals surface area contributed by atoms with Crippen molar-refractivity contribution in [2.45, 2.75) is 18.9 Å². The number of aryl methyl sites for hydroxylation is 1. The second-order valence-electron chi connectivity index (χ2n) is 7.02. The Morgan fingerprint density at radius 2 is 2.24 bits per heavy atom. The van der Waals surface area contributed by atoms with Crippen molar-refractivity contribution in [1.82, 2.24) is 29.2 Å². The highest BCUT2D eigenvalue weighted by Crippen LogP contribution is 2.30. The zero-order valence-corrected chi connectivity index (χ0v) is 16.4. The number of imidazole rings is 1. The zero-order valence-electron chi connectivity index (χ0n) is 16.4. The van der Waals surface area contributed by atoms with Crippen LogP contribution in [0.2, 0.25) is 0 Å². The van der Waals surface area contributed by atoms with Crippen LogP contribution in [0.1, 0.15) is 18.9 Å². The lowest BCUT2D eigenvalue weighted by Gasteiger charge is -2.33. The van der Waals surface area contributed by atoms with Crippen molar-refractivity contribution in [2.75, 3.05) is 25.5 Å². The number of likely N-dealkylation sites (tertiary alicyclic amines) is 1. The molecule has 0 bridgehead atoms. The Kier molecular flexibility index (Phi) is 4.83. The van der Waals surface area contributed by atoms with Crippen molar-refractivity contribution in [1.29, 1.82) is 0 Å². The number of H-pyrrole nitrogens is 1. The molecule has 0 aromatic carbocycles. The number of piperidine rings is 1. The van der Waals surface area contributed by atoms with Crippen molar-refractivity contribution in [3.63, 3.8) is 0 Å². The van der Waals surface area contributed by atoms with Gasteiger partial charge in [0.2, 0.25) is 5.91 Å². The monoisotopic (exact) mass is 397 g/mol. The van der Waals surface area contributed by atoms with Crippen molar-refractivity contribution < 1.29 is 9.53 Å². The number of methoxy groups -OCH3 is 1. The van der Waals surface area contributed by atoms with Gasteiger partial charge in [0.25, 0.3) is 11.4 Å². The highest BCUT2D eigenvalue weighted by Gasteiger charge is 2.26. The largest absolute Gasteiger partial charge is 0.478 e. The number of anilines is 2. The summed E-state index contributed by atoms with van der Waals surface area (Å²) in [7, 11) is 3.35. The zero-order chi connectivity index (χ0) is 20.5. The summed E-state index contributed by atoms with van der Waals surface area (Å²) in [6, 6.07) is -0.135. The van der Waals surface area contributed by atoms with E-state index in [1.54, 1.807) is 40.7 Å². The summed E-state index contributed by atoms with van der Waals surface area (Å²) >= 11 is 0. The Hall–Kier alpha value is -3.56. The van der Waals surface area contributed by atoms with Crippen LogP contribution in [0.15, 0.2) is 36.2 Å². The highest BCUT2D eigenvalue weighted by molar-refractivity contribution is 5.89. The first-order valence-corrected chi connectivity index (χ1v) is 9.36. The smallest absolute Gasteiger partial charge is 0.276 e. The third-order valence-corrected chi connectivity index (χ3v) is 5.14. The highest BCUT2D eigenvalue weighted by atomic mass is 16.5. The van der Waals surface area contributed by atoms with Gasteiger partial charge in [-0.2, -0.15) is 0 Å². The number of pyridine rings is 1. The van der Waals surface area contributed by atoms with E-state index >= 15 is 0 Å². The second-order valence-corrected chi connectivity index (χ2v) is 7.02. The molecule has 3 aromatic rings. The fourth-order valence-electron chi connectivity index (χ4n) is 3.77. The number of nitrogens with zero attached hydrogens (tertiary/aromatic N) is 5. The van der Waals surface area contributed by atoms with Crippen molar-refractivity contribution in [3.05, 3.63) is 41.7 Å². The van der Waals surface area contributed by atoms with Crippen LogP contribution in [0.5, 0.6) is 5.88 Å². The van der Waals surface area contributed by atoms with E-state index in [0.29, 0.717) is 41.4 Å². The molecule has 4 rings (SSSR count). The number of ether oxygens (including phenoxy) is 1.